The number of thioether (sulfide) groups is 1. The minimum absolute atomic E-state index is 0.640. The quantitative estimate of drug-likeness (QED) is 0.811. The fourth-order valence-electron chi connectivity index (χ4n) is 1.83. The summed E-state index contributed by atoms with van der Waals surface area (Å²) in [6, 6.07) is 0.640. The molecule has 0 radical (unpaired) electrons. The molecule has 1 atom stereocenters. The summed E-state index contributed by atoms with van der Waals surface area (Å²) in [5.74, 6) is 2.52. The van der Waals surface area contributed by atoms with Crippen LogP contribution in [0.2, 0.25) is 0 Å². The molecule has 1 N–H and O–H groups in total. The number of anilines is 1. The molecule has 1 aliphatic heterocycles. The van der Waals surface area contributed by atoms with Gasteiger partial charge in [-0.1, -0.05) is 0 Å². The zero-order valence-electron chi connectivity index (χ0n) is 9.00. The van der Waals surface area contributed by atoms with Crippen molar-refractivity contribution in [3.8, 4) is 0 Å². The molecule has 0 amide bonds. The lowest BCUT2D eigenvalue weighted by Gasteiger charge is -2.12. The van der Waals surface area contributed by atoms with Gasteiger partial charge in [-0.2, -0.15) is 16.9 Å². The molecule has 14 heavy (non-hydrogen) atoms. The van der Waals surface area contributed by atoms with Gasteiger partial charge in [-0.3, -0.25) is 4.68 Å². The molecule has 4 heteroatoms. The molecule has 0 bridgehead atoms. The molecule has 3 nitrogen and oxygen atoms in total. The molecule has 2 heterocycles. The highest BCUT2D eigenvalue weighted by Gasteiger charge is 2.18. The summed E-state index contributed by atoms with van der Waals surface area (Å²) >= 11 is 2.03. The summed E-state index contributed by atoms with van der Waals surface area (Å²) in [5, 5.41) is 7.99. The van der Waals surface area contributed by atoms with E-state index in [1.165, 1.54) is 29.3 Å². The third-order valence-electron chi connectivity index (χ3n) is 2.79. The Bertz CT molecular complexity index is 326. The molecule has 0 aliphatic carbocycles. The van der Waals surface area contributed by atoms with Gasteiger partial charge in [0.2, 0.25) is 0 Å². The maximum Gasteiger partial charge on any atom is 0.0827 e. The fourth-order valence-corrected chi connectivity index (χ4v) is 2.99. The summed E-state index contributed by atoms with van der Waals surface area (Å²) in [7, 11) is 2.00. The second-order valence-electron chi connectivity index (χ2n) is 3.87. The van der Waals surface area contributed by atoms with Crippen molar-refractivity contribution in [1.29, 1.82) is 0 Å². The normalized spacial score (nSPS) is 21.5. The fraction of sp³-hybridized carbons (Fsp3) is 0.700. The number of rotatable bonds is 2. The molecule has 0 saturated carbocycles. The predicted octanol–water partition coefficient (Wildman–Crippen LogP) is 1.95. The van der Waals surface area contributed by atoms with Gasteiger partial charge in [-0.25, -0.2) is 0 Å². The number of nitrogens with zero attached hydrogens (tertiary/aromatic N) is 2. The summed E-state index contributed by atoms with van der Waals surface area (Å²) in [6.45, 7) is 4.18. The molecule has 1 aliphatic rings. The maximum atomic E-state index is 4.40. The Morgan fingerprint density at radius 2 is 2.29 bits per heavy atom. The van der Waals surface area contributed by atoms with E-state index in [-0.39, 0.29) is 0 Å². The average Bonchev–Trinajstić information content (AvgIpc) is 2.71. The molecule has 0 aromatic carbocycles. The van der Waals surface area contributed by atoms with E-state index in [2.05, 4.69) is 24.3 Å². The summed E-state index contributed by atoms with van der Waals surface area (Å²) in [4.78, 5) is 0. The van der Waals surface area contributed by atoms with Gasteiger partial charge >= 0.3 is 0 Å². The number of hydrogen-bond donors (Lipinski definition) is 1. The van der Waals surface area contributed by atoms with Gasteiger partial charge in [0.25, 0.3) is 0 Å². The van der Waals surface area contributed by atoms with Crippen molar-refractivity contribution in [3.63, 3.8) is 0 Å². The van der Waals surface area contributed by atoms with E-state index in [9.17, 15) is 0 Å². The van der Waals surface area contributed by atoms with Crippen LogP contribution in [0.1, 0.15) is 17.8 Å². The molecule has 1 saturated heterocycles. The Labute approximate surface area is 89.3 Å². The maximum absolute atomic E-state index is 4.40. The average molecular weight is 211 g/mol. The van der Waals surface area contributed by atoms with Crippen molar-refractivity contribution in [2.24, 2.45) is 7.05 Å². The van der Waals surface area contributed by atoms with Crippen molar-refractivity contribution in [1.82, 2.24) is 9.78 Å². The number of aryl methyl sites for hydroxylation is 2. The van der Waals surface area contributed by atoms with Crippen LogP contribution in [0, 0.1) is 13.8 Å². The third-order valence-corrected chi connectivity index (χ3v) is 3.95. The van der Waals surface area contributed by atoms with Crippen LogP contribution >= 0.6 is 11.8 Å². The topological polar surface area (TPSA) is 29.9 Å². The van der Waals surface area contributed by atoms with E-state index < -0.39 is 0 Å². The second-order valence-corrected chi connectivity index (χ2v) is 5.02. The lowest BCUT2D eigenvalue weighted by Crippen LogP contribution is -2.18. The predicted molar refractivity (Wildman–Crippen MR) is 62.0 cm³/mol. The van der Waals surface area contributed by atoms with Crippen LogP contribution in [0.3, 0.4) is 0 Å². The zero-order chi connectivity index (χ0) is 10.1. The van der Waals surface area contributed by atoms with Gasteiger partial charge < -0.3 is 5.32 Å². The summed E-state index contributed by atoms with van der Waals surface area (Å²) in [5.41, 5.74) is 3.58. The van der Waals surface area contributed by atoms with Crippen LogP contribution in [-0.2, 0) is 7.05 Å². The van der Waals surface area contributed by atoms with Gasteiger partial charge in [0.05, 0.1) is 17.1 Å². The molecule has 1 fully saturated rings. The van der Waals surface area contributed by atoms with E-state index in [1.54, 1.807) is 0 Å². The van der Waals surface area contributed by atoms with Crippen LogP contribution in [-0.4, -0.2) is 27.3 Å². The van der Waals surface area contributed by atoms with E-state index in [0.717, 1.165) is 5.69 Å². The summed E-state index contributed by atoms with van der Waals surface area (Å²) < 4.78 is 1.94. The minimum Gasteiger partial charge on any atom is -0.378 e. The Balaban J connectivity index is 2.14. The highest BCUT2D eigenvalue weighted by atomic mass is 32.2. The molecule has 78 valence electrons. The Kier molecular flexibility index (Phi) is 2.72. The lowest BCUT2D eigenvalue weighted by molar-refractivity contribution is 0.731. The molecular weight excluding hydrogens is 194 g/mol. The van der Waals surface area contributed by atoms with Crippen LogP contribution in [0.15, 0.2) is 0 Å². The second kappa shape index (κ2) is 3.85. The summed E-state index contributed by atoms with van der Waals surface area (Å²) in [6.07, 6.45) is 1.28. The zero-order valence-corrected chi connectivity index (χ0v) is 9.82. The van der Waals surface area contributed by atoms with Gasteiger partial charge in [-0.15, -0.1) is 0 Å². The first-order chi connectivity index (χ1) is 6.68. The van der Waals surface area contributed by atoms with Crippen LogP contribution in [0.25, 0.3) is 0 Å². The first kappa shape index (κ1) is 9.90. The van der Waals surface area contributed by atoms with Crippen LogP contribution in [0.4, 0.5) is 5.69 Å². The van der Waals surface area contributed by atoms with Crippen molar-refractivity contribution < 1.29 is 0 Å². The van der Waals surface area contributed by atoms with E-state index in [0.29, 0.717) is 6.04 Å². The Morgan fingerprint density at radius 3 is 2.79 bits per heavy atom. The number of hydrogen-bond acceptors (Lipinski definition) is 3. The largest absolute Gasteiger partial charge is 0.378 e. The van der Waals surface area contributed by atoms with Gasteiger partial charge in [0, 0.05) is 18.8 Å². The Morgan fingerprint density at radius 1 is 1.50 bits per heavy atom. The van der Waals surface area contributed by atoms with E-state index in [4.69, 9.17) is 0 Å². The van der Waals surface area contributed by atoms with Crippen LogP contribution in [0.5, 0.6) is 0 Å². The Hall–Kier alpha value is -0.640. The van der Waals surface area contributed by atoms with Gasteiger partial charge in [-0.05, 0) is 26.0 Å². The molecular formula is C10H17N3S. The van der Waals surface area contributed by atoms with E-state index >= 15 is 0 Å². The van der Waals surface area contributed by atoms with Crippen molar-refractivity contribution >= 4 is 17.4 Å². The van der Waals surface area contributed by atoms with Crippen LogP contribution < -0.4 is 5.32 Å². The number of aromatic nitrogens is 2. The standard InChI is InChI=1S/C10H17N3S/c1-7-10(8(2)13(3)12-7)11-9-4-5-14-6-9/h9,11H,4-6H2,1-3H3. The molecule has 0 spiro atoms. The van der Waals surface area contributed by atoms with Crippen molar-refractivity contribution in [2.75, 3.05) is 16.8 Å². The third kappa shape index (κ3) is 1.75. The molecule has 1 unspecified atom stereocenters. The SMILES string of the molecule is Cc1nn(C)c(C)c1NC1CCSC1. The first-order valence-corrected chi connectivity index (χ1v) is 6.18. The minimum atomic E-state index is 0.640. The molecule has 2 rings (SSSR count). The highest BCUT2D eigenvalue weighted by Crippen LogP contribution is 2.25. The first-order valence-electron chi connectivity index (χ1n) is 5.03. The van der Waals surface area contributed by atoms with Gasteiger partial charge in [0.1, 0.15) is 0 Å². The molecule has 1 aromatic heterocycles. The van der Waals surface area contributed by atoms with Crippen molar-refractivity contribution in [2.45, 2.75) is 26.3 Å². The molecule has 1 aromatic rings. The smallest absolute Gasteiger partial charge is 0.0827 e. The monoisotopic (exact) mass is 211 g/mol. The lowest BCUT2D eigenvalue weighted by atomic mass is 10.2. The highest BCUT2D eigenvalue weighted by molar-refractivity contribution is 7.99. The van der Waals surface area contributed by atoms with Gasteiger partial charge in [0.15, 0.2) is 0 Å². The number of nitrogens with one attached hydrogen (secondary N) is 1. The van der Waals surface area contributed by atoms with Crippen molar-refractivity contribution in [3.05, 3.63) is 11.4 Å². The van der Waals surface area contributed by atoms with E-state index in [1.807, 2.05) is 23.5 Å².